The maximum absolute atomic E-state index is 12.7. The number of ketones is 1. The van der Waals surface area contributed by atoms with Crippen LogP contribution in [0, 0.1) is 34.5 Å². The van der Waals surface area contributed by atoms with Crippen LogP contribution in [0.3, 0.4) is 0 Å². The van der Waals surface area contributed by atoms with E-state index in [0.29, 0.717) is 36.6 Å². The lowest BCUT2D eigenvalue weighted by atomic mass is 9.70. The Morgan fingerprint density at radius 2 is 2.04 bits per heavy atom. The van der Waals surface area contributed by atoms with Crippen molar-refractivity contribution in [2.45, 2.75) is 46.0 Å². The summed E-state index contributed by atoms with van der Waals surface area (Å²) in [6.45, 7) is 4.71. The highest BCUT2D eigenvalue weighted by Crippen LogP contribution is 2.64. The first-order valence-electron chi connectivity index (χ1n) is 8.92. The van der Waals surface area contributed by atoms with Gasteiger partial charge < -0.3 is 0 Å². The van der Waals surface area contributed by atoms with Crippen LogP contribution < -0.4 is 4.72 Å². The lowest BCUT2D eigenvalue weighted by Gasteiger charge is -2.36. The molecule has 5 atom stereocenters. The summed E-state index contributed by atoms with van der Waals surface area (Å²) in [4.78, 5) is 12.5. The highest BCUT2D eigenvalue weighted by Gasteiger charge is 2.65. The van der Waals surface area contributed by atoms with Gasteiger partial charge in [-0.1, -0.05) is 26.0 Å². The van der Waals surface area contributed by atoms with Gasteiger partial charge in [0, 0.05) is 18.4 Å². The normalized spacial score (nSPS) is 43.7. The quantitative estimate of drug-likeness (QED) is 0.784. The van der Waals surface area contributed by atoms with Crippen molar-refractivity contribution in [3.05, 3.63) is 12.2 Å². The van der Waals surface area contributed by atoms with Crippen molar-refractivity contribution < 1.29 is 13.2 Å². The molecule has 0 amide bonds. The summed E-state index contributed by atoms with van der Waals surface area (Å²) in [6.07, 6.45) is 9.10. The van der Waals surface area contributed by atoms with Gasteiger partial charge in [-0.15, -0.1) is 0 Å². The summed E-state index contributed by atoms with van der Waals surface area (Å²) >= 11 is 0. The lowest BCUT2D eigenvalue weighted by Crippen LogP contribution is -2.46. The van der Waals surface area contributed by atoms with Gasteiger partial charge in [-0.25, -0.2) is 13.1 Å². The molecule has 4 rings (SSSR count). The molecule has 128 valence electrons. The molecule has 5 heteroatoms. The number of nitrogens with one attached hydrogen (secondary N) is 1. The third-order valence-corrected chi connectivity index (χ3v) is 9.04. The highest BCUT2D eigenvalue weighted by atomic mass is 32.2. The van der Waals surface area contributed by atoms with Crippen molar-refractivity contribution in [2.75, 3.05) is 12.3 Å². The van der Waals surface area contributed by atoms with Gasteiger partial charge in [0.2, 0.25) is 10.0 Å². The molecule has 0 aromatic rings. The van der Waals surface area contributed by atoms with E-state index in [4.69, 9.17) is 0 Å². The van der Waals surface area contributed by atoms with Crippen LogP contribution in [0.5, 0.6) is 0 Å². The van der Waals surface area contributed by atoms with E-state index in [-0.39, 0.29) is 17.0 Å². The van der Waals surface area contributed by atoms with Crippen molar-refractivity contribution in [1.29, 1.82) is 0 Å². The molecule has 4 aliphatic carbocycles. The molecular formula is C18H27NO3S. The average molecular weight is 337 g/mol. The number of hydrogen-bond acceptors (Lipinski definition) is 3. The standard InChI is InChI=1S/C18H27NO3S/c1-17(2)15-5-6-18(17,16(20)9-15)11-23(21,22)19-10-14-8-12-3-4-13(14)7-12/h3-4,12-15,19H,5-11H2,1-2H3. The molecule has 23 heavy (non-hydrogen) atoms. The van der Waals surface area contributed by atoms with Crippen LogP contribution in [-0.2, 0) is 14.8 Å². The average Bonchev–Trinajstić information content (AvgIpc) is 3.17. The Balaban J connectivity index is 1.45. The van der Waals surface area contributed by atoms with Crippen molar-refractivity contribution in [3.63, 3.8) is 0 Å². The maximum atomic E-state index is 12.7. The molecule has 0 spiro atoms. The van der Waals surface area contributed by atoms with Crippen LogP contribution in [0.25, 0.3) is 0 Å². The Kier molecular flexibility index (Phi) is 3.38. The molecule has 5 unspecified atom stereocenters. The predicted molar refractivity (Wildman–Crippen MR) is 89.2 cm³/mol. The van der Waals surface area contributed by atoms with Gasteiger partial charge in [-0.05, 0) is 54.8 Å². The van der Waals surface area contributed by atoms with Crippen molar-refractivity contribution >= 4 is 15.8 Å². The smallest absolute Gasteiger partial charge is 0.212 e. The van der Waals surface area contributed by atoms with E-state index in [1.807, 2.05) is 0 Å². The molecule has 4 aliphatic rings. The molecule has 0 saturated heterocycles. The van der Waals surface area contributed by atoms with Crippen LogP contribution in [0.15, 0.2) is 12.2 Å². The van der Waals surface area contributed by atoms with Crippen molar-refractivity contribution in [3.8, 4) is 0 Å². The molecule has 0 aromatic carbocycles. The summed E-state index contributed by atoms with van der Waals surface area (Å²) in [5, 5.41) is 0. The van der Waals surface area contributed by atoms with Crippen molar-refractivity contribution in [2.24, 2.45) is 34.5 Å². The summed E-state index contributed by atoms with van der Waals surface area (Å²) in [5.74, 6) is 2.15. The molecular weight excluding hydrogens is 310 g/mol. The largest absolute Gasteiger partial charge is 0.299 e. The van der Waals surface area contributed by atoms with Crippen LogP contribution in [0.4, 0.5) is 0 Å². The molecule has 1 N–H and O–H groups in total. The minimum absolute atomic E-state index is 0.0149. The Bertz CT molecular complexity index is 666. The van der Waals surface area contributed by atoms with Gasteiger partial charge in [0.05, 0.1) is 5.75 Å². The SMILES string of the molecule is CC1(C)C2CCC1(CS(=O)(=O)NCC1CC3C=CC1C3)C(=O)C2. The first-order chi connectivity index (χ1) is 10.7. The molecule has 3 saturated carbocycles. The second-order valence-electron chi connectivity index (χ2n) is 8.81. The molecule has 0 aliphatic heterocycles. The first kappa shape index (κ1) is 15.8. The van der Waals surface area contributed by atoms with E-state index in [9.17, 15) is 13.2 Å². The molecule has 4 nitrogen and oxygen atoms in total. The first-order valence-corrected chi connectivity index (χ1v) is 10.6. The number of hydrogen-bond donors (Lipinski definition) is 1. The van der Waals surface area contributed by atoms with Crippen molar-refractivity contribution in [1.82, 2.24) is 4.72 Å². The monoisotopic (exact) mass is 337 g/mol. The van der Waals surface area contributed by atoms with Crippen LogP contribution in [0.2, 0.25) is 0 Å². The van der Waals surface area contributed by atoms with E-state index >= 15 is 0 Å². The second kappa shape index (κ2) is 4.92. The number of fused-ring (bicyclic) bond motifs is 4. The van der Waals surface area contributed by atoms with E-state index < -0.39 is 15.4 Å². The summed E-state index contributed by atoms with van der Waals surface area (Å²) in [5.41, 5.74) is -0.841. The zero-order valence-electron chi connectivity index (χ0n) is 14.0. The van der Waals surface area contributed by atoms with Gasteiger partial charge in [0.1, 0.15) is 5.78 Å². The summed E-state index contributed by atoms with van der Waals surface area (Å²) in [6, 6.07) is 0. The predicted octanol–water partition coefficient (Wildman–Crippen LogP) is 2.51. The van der Waals surface area contributed by atoms with Gasteiger partial charge in [0.25, 0.3) is 0 Å². The molecule has 3 fully saturated rings. The summed E-state index contributed by atoms with van der Waals surface area (Å²) < 4.78 is 28.2. The minimum Gasteiger partial charge on any atom is -0.299 e. The van der Waals surface area contributed by atoms with E-state index in [1.165, 1.54) is 6.42 Å². The minimum atomic E-state index is -3.41. The molecule has 0 aromatic heterocycles. The lowest BCUT2D eigenvalue weighted by molar-refractivity contribution is -0.128. The zero-order valence-corrected chi connectivity index (χ0v) is 14.9. The number of carbonyl (C=O) groups excluding carboxylic acids is 1. The number of sulfonamides is 1. The fraction of sp³-hybridized carbons (Fsp3) is 0.833. The Labute approximate surface area is 139 Å². The number of Topliss-reactive ketones (excluding diaryl/α,β-unsaturated/α-hetero) is 1. The van der Waals surface area contributed by atoms with Crippen LogP contribution >= 0.6 is 0 Å². The topological polar surface area (TPSA) is 63.2 Å². The maximum Gasteiger partial charge on any atom is 0.212 e. The Hall–Kier alpha value is -0.680. The summed E-state index contributed by atoms with van der Waals surface area (Å²) in [7, 11) is -3.41. The fourth-order valence-corrected chi connectivity index (χ4v) is 7.74. The number of carbonyl (C=O) groups is 1. The highest BCUT2D eigenvalue weighted by molar-refractivity contribution is 7.89. The number of rotatable bonds is 5. The Morgan fingerprint density at radius 3 is 2.57 bits per heavy atom. The fourth-order valence-electron chi connectivity index (χ4n) is 5.85. The van der Waals surface area contributed by atoms with Gasteiger partial charge in [0.15, 0.2) is 0 Å². The molecule has 0 heterocycles. The third-order valence-electron chi connectivity index (χ3n) is 7.56. The molecule has 4 bridgehead atoms. The van der Waals surface area contributed by atoms with Gasteiger partial charge in [-0.3, -0.25) is 4.79 Å². The van der Waals surface area contributed by atoms with Crippen LogP contribution in [0.1, 0.15) is 46.0 Å². The van der Waals surface area contributed by atoms with E-state index in [2.05, 4.69) is 30.7 Å². The van der Waals surface area contributed by atoms with Gasteiger partial charge in [-0.2, -0.15) is 0 Å². The second-order valence-corrected chi connectivity index (χ2v) is 10.6. The number of allylic oxidation sites excluding steroid dienone is 2. The zero-order chi connectivity index (χ0) is 16.5. The molecule has 0 radical (unpaired) electrons. The third kappa shape index (κ3) is 2.26. The Morgan fingerprint density at radius 1 is 1.26 bits per heavy atom. The van der Waals surface area contributed by atoms with Gasteiger partial charge >= 0.3 is 0 Å². The van der Waals surface area contributed by atoms with E-state index in [0.717, 1.165) is 19.3 Å². The van der Waals surface area contributed by atoms with E-state index in [1.54, 1.807) is 0 Å². The van der Waals surface area contributed by atoms with Crippen LogP contribution in [-0.4, -0.2) is 26.5 Å².